The highest BCUT2D eigenvalue weighted by Crippen LogP contribution is 2.52. The van der Waals surface area contributed by atoms with E-state index in [-0.39, 0.29) is 12.0 Å². The number of piperidine rings is 1. The number of allylic oxidation sites excluding steroid dienone is 2. The van der Waals surface area contributed by atoms with Crippen LogP contribution in [-0.2, 0) is 6.42 Å². The van der Waals surface area contributed by atoms with E-state index in [2.05, 4.69) is 59.1 Å². The van der Waals surface area contributed by atoms with Crippen molar-refractivity contribution < 1.29 is 13.2 Å². The molecule has 0 amide bonds. The van der Waals surface area contributed by atoms with Crippen LogP contribution in [-0.4, -0.2) is 72.1 Å². The zero-order valence-electron chi connectivity index (χ0n) is 27.8. The lowest BCUT2D eigenvalue weighted by Gasteiger charge is -2.49. The minimum Gasteiger partial charge on any atom is -0.381 e. The van der Waals surface area contributed by atoms with E-state index in [1.54, 1.807) is 16.7 Å². The number of aryl methyl sites for hydroxylation is 1. The molecule has 6 aliphatic rings. The summed E-state index contributed by atoms with van der Waals surface area (Å²) in [4.78, 5) is 5.68. The molecule has 46 heavy (non-hydrogen) atoms. The van der Waals surface area contributed by atoms with Gasteiger partial charge in [-0.3, -0.25) is 0 Å². The number of thioether (sulfide) groups is 1. The number of alkyl halides is 3. The van der Waals surface area contributed by atoms with Gasteiger partial charge < -0.3 is 20.4 Å². The van der Waals surface area contributed by atoms with E-state index >= 15 is 0 Å². The topological polar surface area (TPSA) is 30.5 Å². The molecule has 2 aliphatic heterocycles. The van der Waals surface area contributed by atoms with Crippen LogP contribution in [0.3, 0.4) is 0 Å². The fraction of sp³-hybridized carbons (Fsp3) is 0.684. The van der Waals surface area contributed by atoms with Crippen molar-refractivity contribution in [2.24, 2.45) is 11.3 Å². The lowest BCUT2D eigenvalue weighted by molar-refractivity contribution is -0.142. The monoisotopic (exact) mass is 654 g/mol. The van der Waals surface area contributed by atoms with Crippen molar-refractivity contribution in [2.75, 3.05) is 37.8 Å². The minimum atomic E-state index is -4.24. The Hall–Kier alpha value is -1.90. The molecular weight excluding hydrogens is 602 g/mol. The first-order chi connectivity index (χ1) is 22.2. The van der Waals surface area contributed by atoms with E-state index in [0.29, 0.717) is 24.0 Å². The van der Waals surface area contributed by atoms with Crippen LogP contribution in [0.2, 0.25) is 0 Å². The molecule has 3 atom stereocenters. The van der Waals surface area contributed by atoms with Crippen LogP contribution < -0.4 is 10.6 Å². The fourth-order valence-corrected chi connectivity index (χ4v) is 10.5. The standard InChI is InChI=1S/C38H53F3N4S/c1-3-27-22-32(46-2)13-14-34(27)42-25-28-23-31-24-33-35(45(31)26-38(39,40)41)8-7-17-37(28,33)43-29-9-11-30(12-10-29)44-20-18-36(19-21-44)15-5-4-6-16-36/h7-8,13-14,17,22-23,29-31,33,42-43H,3-6,9-12,15-16,18-21,24-26H2,1-2H3/t29?,30?,31?,33?,37-/m1/s1. The van der Waals surface area contributed by atoms with Crippen LogP contribution in [0.25, 0.3) is 0 Å². The van der Waals surface area contributed by atoms with E-state index in [4.69, 9.17) is 0 Å². The van der Waals surface area contributed by atoms with Crippen LogP contribution in [0.1, 0.15) is 89.5 Å². The number of likely N-dealkylation sites (tertiary alicyclic amines) is 2. The third kappa shape index (κ3) is 6.44. The Labute approximate surface area is 278 Å². The highest BCUT2D eigenvalue weighted by Gasteiger charge is 2.55. The normalized spacial score (nSPS) is 32.4. The Kier molecular flexibility index (Phi) is 9.36. The second kappa shape index (κ2) is 13.2. The number of benzene rings is 1. The average Bonchev–Trinajstić information content (AvgIpc) is 3.39. The molecule has 1 aromatic carbocycles. The van der Waals surface area contributed by atoms with E-state index in [1.165, 1.54) is 86.9 Å². The molecule has 1 aromatic rings. The average molecular weight is 655 g/mol. The highest BCUT2D eigenvalue weighted by atomic mass is 32.2. The van der Waals surface area contributed by atoms with Gasteiger partial charge in [-0.15, -0.1) is 11.8 Å². The molecule has 1 spiro atoms. The summed E-state index contributed by atoms with van der Waals surface area (Å²) in [5.74, 6) is 0.0164. The van der Waals surface area contributed by atoms with E-state index < -0.39 is 18.3 Å². The van der Waals surface area contributed by atoms with Gasteiger partial charge in [0.1, 0.15) is 6.54 Å². The number of hydrogen-bond acceptors (Lipinski definition) is 5. The molecule has 2 saturated carbocycles. The summed E-state index contributed by atoms with van der Waals surface area (Å²) in [6.07, 6.45) is 22.5. The summed E-state index contributed by atoms with van der Waals surface area (Å²) >= 11 is 1.75. The zero-order valence-corrected chi connectivity index (χ0v) is 28.6. The largest absolute Gasteiger partial charge is 0.405 e. The summed E-state index contributed by atoms with van der Waals surface area (Å²) in [5.41, 5.74) is 4.60. The zero-order chi connectivity index (χ0) is 31.9. The van der Waals surface area contributed by atoms with Crippen molar-refractivity contribution in [3.05, 3.63) is 59.3 Å². The Morgan fingerprint density at radius 2 is 1.76 bits per heavy atom. The molecule has 4 fully saturated rings. The lowest BCUT2D eigenvalue weighted by atomic mass is 9.67. The number of hydrogen-bond donors (Lipinski definition) is 2. The van der Waals surface area contributed by atoms with Crippen molar-refractivity contribution in [1.82, 2.24) is 15.1 Å². The number of halogens is 3. The first-order valence-corrected chi connectivity index (χ1v) is 19.3. The molecule has 252 valence electrons. The maximum Gasteiger partial charge on any atom is 0.405 e. The van der Waals surface area contributed by atoms with Crippen molar-refractivity contribution in [3.63, 3.8) is 0 Å². The second-order valence-electron chi connectivity index (χ2n) is 15.1. The van der Waals surface area contributed by atoms with Crippen LogP contribution in [0.4, 0.5) is 18.9 Å². The van der Waals surface area contributed by atoms with Crippen molar-refractivity contribution in [2.45, 2.75) is 125 Å². The van der Waals surface area contributed by atoms with Gasteiger partial charge in [-0.2, -0.15) is 13.2 Å². The Morgan fingerprint density at radius 1 is 1.00 bits per heavy atom. The Morgan fingerprint density at radius 3 is 2.46 bits per heavy atom. The second-order valence-corrected chi connectivity index (χ2v) is 16.0. The van der Waals surface area contributed by atoms with Crippen molar-refractivity contribution >= 4 is 17.4 Å². The number of nitrogens with zero attached hydrogens (tertiary/aromatic N) is 2. The predicted octanol–water partition coefficient (Wildman–Crippen LogP) is 8.72. The van der Waals surface area contributed by atoms with Crippen LogP contribution >= 0.6 is 11.8 Å². The summed E-state index contributed by atoms with van der Waals surface area (Å²) in [6, 6.07) is 7.38. The molecule has 8 heteroatoms. The van der Waals surface area contributed by atoms with Gasteiger partial charge in [-0.1, -0.05) is 44.4 Å². The quantitative estimate of drug-likeness (QED) is 0.206. The van der Waals surface area contributed by atoms with Gasteiger partial charge in [0.15, 0.2) is 0 Å². The summed E-state index contributed by atoms with van der Waals surface area (Å²) in [6.45, 7) is 4.43. The smallest absolute Gasteiger partial charge is 0.381 e. The Bertz CT molecular complexity index is 1330. The molecule has 2 heterocycles. The fourth-order valence-electron chi connectivity index (χ4n) is 10.1. The maximum absolute atomic E-state index is 13.8. The molecule has 2 saturated heterocycles. The van der Waals surface area contributed by atoms with E-state index in [0.717, 1.165) is 37.1 Å². The molecule has 2 bridgehead atoms. The third-order valence-electron chi connectivity index (χ3n) is 12.6. The summed E-state index contributed by atoms with van der Waals surface area (Å²) in [7, 11) is 0. The summed E-state index contributed by atoms with van der Waals surface area (Å²) in [5, 5.41) is 7.89. The third-order valence-corrected chi connectivity index (χ3v) is 13.3. The molecule has 2 N–H and O–H groups in total. The van der Waals surface area contributed by atoms with E-state index in [1.807, 2.05) is 12.2 Å². The van der Waals surface area contributed by atoms with Gasteiger partial charge in [0.2, 0.25) is 0 Å². The number of rotatable bonds is 9. The molecule has 2 unspecified atom stereocenters. The summed E-state index contributed by atoms with van der Waals surface area (Å²) < 4.78 is 41.5. The lowest BCUT2D eigenvalue weighted by Crippen LogP contribution is -2.59. The van der Waals surface area contributed by atoms with Gasteiger partial charge in [-0.25, -0.2) is 0 Å². The van der Waals surface area contributed by atoms with Gasteiger partial charge in [0.25, 0.3) is 0 Å². The highest BCUT2D eigenvalue weighted by molar-refractivity contribution is 7.98. The van der Waals surface area contributed by atoms with Crippen LogP contribution in [0.15, 0.2) is 58.7 Å². The molecular formula is C38H53F3N4S. The van der Waals surface area contributed by atoms with Crippen molar-refractivity contribution in [3.8, 4) is 0 Å². The maximum atomic E-state index is 13.8. The van der Waals surface area contributed by atoms with Gasteiger partial charge in [0.05, 0.1) is 5.54 Å². The molecule has 7 rings (SSSR count). The van der Waals surface area contributed by atoms with Crippen LogP contribution in [0.5, 0.6) is 0 Å². The number of fused-ring (bicyclic) bond motifs is 1. The number of nitrogens with one attached hydrogen (secondary N) is 2. The van der Waals surface area contributed by atoms with Gasteiger partial charge in [0, 0.05) is 46.9 Å². The SMILES string of the molecule is CCc1cc(SC)ccc1NCC1=CC2CC3C(=CC=C[C@@]13NC1CCC(N3CCC4(CCCCC4)CC3)CC1)N2CC(F)(F)F. The first kappa shape index (κ1) is 32.6. The van der Waals surface area contributed by atoms with E-state index in [9.17, 15) is 13.2 Å². The predicted molar refractivity (Wildman–Crippen MR) is 184 cm³/mol. The minimum absolute atomic E-state index is 0.0164. The molecule has 0 aromatic heterocycles. The number of anilines is 1. The van der Waals surface area contributed by atoms with Gasteiger partial charge >= 0.3 is 6.18 Å². The molecule has 4 nitrogen and oxygen atoms in total. The first-order valence-electron chi connectivity index (χ1n) is 18.1. The molecule has 4 aliphatic carbocycles. The van der Waals surface area contributed by atoms with Crippen LogP contribution in [0, 0.1) is 11.3 Å². The Balaban J connectivity index is 1.07. The van der Waals surface area contributed by atoms with Crippen molar-refractivity contribution in [1.29, 1.82) is 0 Å². The molecule has 0 radical (unpaired) electrons. The van der Waals surface area contributed by atoms with Gasteiger partial charge in [-0.05, 0) is 124 Å².